The number of ether oxygens (including phenoxy) is 5. The first kappa shape index (κ1) is 26.0. The SMILES string of the molecule is CC(=O)OC[C@@H]1O[C@@H](O)[C@H](OCc2ccccc2)[C@@H](OCc2ccccc2)[C@H]1OCc1ccccc1. The van der Waals surface area contributed by atoms with Crippen LogP contribution in [0.5, 0.6) is 0 Å². The lowest BCUT2D eigenvalue weighted by Gasteiger charge is -2.44. The van der Waals surface area contributed by atoms with Gasteiger partial charge < -0.3 is 28.8 Å². The number of carbonyl (C=O) groups excluding carboxylic acids is 1. The molecule has 4 rings (SSSR count). The molecule has 0 amide bonds. The van der Waals surface area contributed by atoms with Gasteiger partial charge in [0.05, 0.1) is 19.8 Å². The Balaban J connectivity index is 1.57. The van der Waals surface area contributed by atoms with E-state index >= 15 is 0 Å². The maximum atomic E-state index is 11.5. The number of carbonyl (C=O) groups is 1. The van der Waals surface area contributed by atoms with Crippen LogP contribution >= 0.6 is 0 Å². The van der Waals surface area contributed by atoms with Crippen molar-refractivity contribution in [3.8, 4) is 0 Å². The van der Waals surface area contributed by atoms with E-state index in [9.17, 15) is 9.90 Å². The van der Waals surface area contributed by atoms with E-state index in [0.29, 0.717) is 0 Å². The minimum absolute atomic E-state index is 0.0809. The molecule has 0 radical (unpaired) electrons. The molecule has 0 aromatic heterocycles. The maximum Gasteiger partial charge on any atom is 0.302 e. The molecule has 3 aromatic carbocycles. The molecule has 3 aromatic rings. The van der Waals surface area contributed by atoms with E-state index in [2.05, 4.69) is 0 Å². The summed E-state index contributed by atoms with van der Waals surface area (Å²) in [6.07, 6.45) is -4.24. The average molecular weight is 493 g/mol. The summed E-state index contributed by atoms with van der Waals surface area (Å²) in [5.74, 6) is -0.445. The van der Waals surface area contributed by atoms with Crippen molar-refractivity contribution in [3.05, 3.63) is 108 Å². The molecule has 1 N–H and O–H groups in total. The van der Waals surface area contributed by atoms with E-state index in [4.69, 9.17) is 23.7 Å². The highest BCUT2D eigenvalue weighted by atomic mass is 16.7. The van der Waals surface area contributed by atoms with Crippen molar-refractivity contribution in [3.63, 3.8) is 0 Å². The minimum Gasteiger partial charge on any atom is -0.463 e. The van der Waals surface area contributed by atoms with Crippen molar-refractivity contribution < 1.29 is 33.6 Å². The second-order valence-electron chi connectivity index (χ2n) is 8.65. The fourth-order valence-electron chi connectivity index (χ4n) is 4.10. The first-order valence-electron chi connectivity index (χ1n) is 12.0. The van der Waals surface area contributed by atoms with E-state index in [0.717, 1.165) is 16.7 Å². The summed E-state index contributed by atoms with van der Waals surface area (Å²) in [4.78, 5) is 11.5. The van der Waals surface area contributed by atoms with Gasteiger partial charge in [-0.1, -0.05) is 91.0 Å². The molecule has 1 fully saturated rings. The number of aliphatic hydroxyl groups is 1. The predicted molar refractivity (Wildman–Crippen MR) is 133 cm³/mol. The number of hydrogen-bond acceptors (Lipinski definition) is 7. The van der Waals surface area contributed by atoms with Crippen molar-refractivity contribution in [2.45, 2.75) is 57.5 Å². The molecular weight excluding hydrogens is 460 g/mol. The van der Waals surface area contributed by atoms with Gasteiger partial charge in [-0.2, -0.15) is 0 Å². The van der Waals surface area contributed by atoms with Gasteiger partial charge in [-0.3, -0.25) is 4.79 Å². The fraction of sp³-hybridized carbons (Fsp3) is 0.345. The molecule has 36 heavy (non-hydrogen) atoms. The molecule has 0 aliphatic carbocycles. The Bertz CT molecular complexity index is 1040. The topological polar surface area (TPSA) is 83.5 Å². The molecule has 0 saturated carbocycles. The Morgan fingerprint density at radius 1 is 0.694 bits per heavy atom. The third kappa shape index (κ3) is 7.46. The summed E-state index contributed by atoms with van der Waals surface area (Å²) < 4.78 is 29.9. The van der Waals surface area contributed by atoms with Crippen LogP contribution in [0.3, 0.4) is 0 Å². The van der Waals surface area contributed by atoms with Crippen LogP contribution in [0.4, 0.5) is 0 Å². The average Bonchev–Trinajstić information content (AvgIpc) is 2.91. The molecule has 1 heterocycles. The third-order valence-electron chi connectivity index (χ3n) is 5.92. The maximum absolute atomic E-state index is 11.5. The van der Waals surface area contributed by atoms with Crippen LogP contribution in [-0.4, -0.2) is 48.4 Å². The number of hydrogen-bond donors (Lipinski definition) is 1. The molecule has 5 atom stereocenters. The van der Waals surface area contributed by atoms with Gasteiger partial charge in [-0.15, -0.1) is 0 Å². The Hall–Kier alpha value is -3.07. The zero-order valence-corrected chi connectivity index (χ0v) is 20.3. The first-order valence-corrected chi connectivity index (χ1v) is 12.0. The normalized spacial score (nSPS) is 23.8. The van der Waals surface area contributed by atoms with Gasteiger partial charge in [-0.25, -0.2) is 0 Å². The highest BCUT2D eigenvalue weighted by molar-refractivity contribution is 5.65. The van der Waals surface area contributed by atoms with Crippen LogP contribution < -0.4 is 0 Å². The van der Waals surface area contributed by atoms with Crippen LogP contribution in [0, 0.1) is 0 Å². The zero-order chi connectivity index (χ0) is 25.2. The van der Waals surface area contributed by atoms with Gasteiger partial charge in [0.2, 0.25) is 0 Å². The van der Waals surface area contributed by atoms with E-state index in [1.165, 1.54) is 6.92 Å². The molecule has 190 valence electrons. The first-order chi connectivity index (χ1) is 17.6. The second kappa shape index (κ2) is 13.3. The van der Waals surface area contributed by atoms with Gasteiger partial charge in [0.15, 0.2) is 6.29 Å². The lowest BCUT2D eigenvalue weighted by molar-refractivity contribution is -0.315. The molecule has 0 bridgehead atoms. The van der Waals surface area contributed by atoms with Crippen molar-refractivity contribution in [2.75, 3.05) is 6.61 Å². The number of esters is 1. The highest BCUT2D eigenvalue weighted by Gasteiger charge is 2.48. The molecule has 0 spiro atoms. The lowest BCUT2D eigenvalue weighted by atomic mass is 9.98. The molecule has 0 unspecified atom stereocenters. The minimum atomic E-state index is -1.30. The van der Waals surface area contributed by atoms with Gasteiger partial charge in [-0.05, 0) is 16.7 Å². The number of rotatable bonds is 11. The summed E-state index contributed by atoms with van der Waals surface area (Å²) in [5, 5.41) is 10.9. The summed E-state index contributed by atoms with van der Waals surface area (Å²) in [6.45, 7) is 2.08. The van der Waals surface area contributed by atoms with Crippen LogP contribution in [0.1, 0.15) is 23.6 Å². The Morgan fingerprint density at radius 3 is 1.56 bits per heavy atom. The van der Waals surface area contributed by atoms with Gasteiger partial charge in [0.25, 0.3) is 0 Å². The largest absolute Gasteiger partial charge is 0.463 e. The monoisotopic (exact) mass is 492 g/mol. The van der Waals surface area contributed by atoms with Crippen molar-refractivity contribution in [1.82, 2.24) is 0 Å². The molecule has 7 heteroatoms. The quantitative estimate of drug-likeness (QED) is 0.405. The Morgan fingerprint density at radius 2 is 1.11 bits per heavy atom. The number of benzene rings is 3. The molecule has 7 nitrogen and oxygen atoms in total. The van der Waals surface area contributed by atoms with Gasteiger partial charge >= 0.3 is 5.97 Å². The number of aliphatic hydroxyl groups excluding tert-OH is 1. The predicted octanol–water partition coefficient (Wildman–Crippen LogP) is 4.02. The molecule has 1 saturated heterocycles. The summed E-state index contributed by atoms with van der Waals surface area (Å²) in [6, 6.07) is 29.2. The molecule has 1 aliphatic heterocycles. The van der Waals surface area contributed by atoms with Crippen LogP contribution in [0.25, 0.3) is 0 Å². The summed E-state index contributed by atoms with van der Waals surface area (Å²) in [7, 11) is 0. The molecule has 1 aliphatic rings. The standard InChI is InChI=1S/C29H32O7/c1-21(30)32-20-25-26(33-17-22-11-5-2-6-12-22)27(34-18-23-13-7-3-8-14-23)28(29(31)36-25)35-19-24-15-9-4-10-16-24/h2-16,25-29,31H,17-20H2,1H3/t25-,26-,27-,28+,29+/m0/s1. The van der Waals surface area contributed by atoms with E-state index < -0.39 is 36.7 Å². The summed E-state index contributed by atoms with van der Waals surface area (Å²) >= 11 is 0. The summed E-state index contributed by atoms with van der Waals surface area (Å²) in [5.41, 5.74) is 2.90. The van der Waals surface area contributed by atoms with Crippen LogP contribution in [0.15, 0.2) is 91.0 Å². The van der Waals surface area contributed by atoms with Crippen molar-refractivity contribution in [1.29, 1.82) is 0 Å². The smallest absolute Gasteiger partial charge is 0.302 e. The molecular formula is C29H32O7. The fourth-order valence-corrected chi connectivity index (χ4v) is 4.10. The van der Waals surface area contributed by atoms with Crippen LogP contribution in [-0.2, 0) is 48.3 Å². The zero-order valence-electron chi connectivity index (χ0n) is 20.3. The van der Waals surface area contributed by atoms with E-state index in [1.807, 2.05) is 91.0 Å². The Kier molecular flexibility index (Phi) is 9.61. The second-order valence-corrected chi connectivity index (χ2v) is 8.65. The van der Waals surface area contributed by atoms with E-state index in [1.54, 1.807) is 0 Å². The van der Waals surface area contributed by atoms with Crippen molar-refractivity contribution >= 4 is 5.97 Å². The highest BCUT2D eigenvalue weighted by Crippen LogP contribution is 2.30. The van der Waals surface area contributed by atoms with Gasteiger partial charge in [0, 0.05) is 6.92 Å². The van der Waals surface area contributed by atoms with Crippen LogP contribution in [0.2, 0.25) is 0 Å². The Labute approximate surface area is 211 Å². The van der Waals surface area contributed by atoms with E-state index in [-0.39, 0.29) is 26.4 Å². The van der Waals surface area contributed by atoms with Gasteiger partial charge in [0.1, 0.15) is 31.0 Å². The third-order valence-corrected chi connectivity index (χ3v) is 5.92. The van der Waals surface area contributed by atoms with Crippen molar-refractivity contribution in [2.24, 2.45) is 0 Å². The lowest BCUT2D eigenvalue weighted by Crippen LogP contribution is -2.61.